The molecule has 1 aromatic rings. The van der Waals surface area contributed by atoms with Crippen molar-refractivity contribution in [2.75, 3.05) is 33.5 Å². The number of rotatable bonds is 9. The third-order valence-electron chi connectivity index (χ3n) is 2.34. The van der Waals surface area contributed by atoms with Crippen LogP contribution in [0.5, 0.6) is 5.75 Å². The molecule has 7 nitrogen and oxygen atoms in total. The lowest BCUT2D eigenvalue weighted by Crippen LogP contribution is -2.10. The fraction of sp³-hybridized carbons (Fsp3) is 0.500. The average Bonchev–Trinajstić information content (AvgIpc) is 2.42. The van der Waals surface area contributed by atoms with Crippen molar-refractivity contribution in [1.29, 1.82) is 0 Å². The number of ether oxygens (including phenoxy) is 3. The van der Waals surface area contributed by atoms with Crippen LogP contribution in [0.2, 0.25) is 0 Å². The first-order valence-corrected chi connectivity index (χ1v) is 5.76. The molecule has 0 bridgehead atoms. The van der Waals surface area contributed by atoms with Gasteiger partial charge in [-0.05, 0) is 6.07 Å². The Bertz CT molecular complexity index is 409. The molecule has 1 rings (SSSR count). The highest BCUT2D eigenvalue weighted by molar-refractivity contribution is 5.43. The summed E-state index contributed by atoms with van der Waals surface area (Å²) in [6.45, 7) is 1.35. The first-order valence-electron chi connectivity index (χ1n) is 5.76. The molecule has 0 heterocycles. The molecule has 106 valence electrons. The van der Waals surface area contributed by atoms with Gasteiger partial charge in [-0.15, -0.1) is 0 Å². The van der Waals surface area contributed by atoms with E-state index in [0.29, 0.717) is 37.7 Å². The third-order valence-corrected chi connectivity index (χ3v) is 2.34. The Balaban J connectivity index is 2.47. The first-order chi connectivity index (χ1) is 9.19. The number of methoxy groups -OCH3 is 1. The minimum Gasteiger partial charge on any atom is -0.491 e. The molecule has 0 saturated heterocycles. The van der Waals surface area contributed by atoms with Crippen LogP contribution in [0.3, 0.4) is 0 Å². The fourth-order valence-corrected chi connectivity index (χ4v) is 1.40. The zero-order chi connectivity index (χ0) is 14.1. The van der Waals surface area contributed by atoms with Gasteiger partial charge in [-0.25, -0.2) is 0 Å². The Labute approximate surface area is 110 Å². The predicted octanol–water partition coefficient (Wildman–Crippen LogP) is 1.13. The van der Waals surface area contributed by atoms with Crippen molar-refractivity contribution in [2.24, 2.45) is 0 Å². The lowest BCUT2D eigenvalue weighted by molar-refractivity contribution is -0.385. The maximum absolute atomic E-state index is 10.6. The van der Waals surface area contributed by atoms with Crippen molar-refractivity contribution in [2.45, 2.75) is 6.61 Å². The largest absolute Gasteiger partial charge is 0.491 e. The Morgan fingerprint density at radius 1 is 1.26 bits per heavy atom. The molecule has 0 unspecified atom stereocenters. The van der Waals surface area contributed by atoms with Gasteiger partial charge >= 0.3 is 0 Å². The van der Waals surface area contributed by atoms with Gasteiger partial charge in [-0.3, -0.25) is 10.1 Å². The Hall–Kier alpha value is -1.70. The quantitative estimate of drug-likeness (QED) is 0.411. The van der Waals surface area contributed by atoms with Crippen LogP contribution in [0.4, 0.5) is 5.69 Å². The van der Waals surface area contributed by atoms with Gasteiger partial charge in [-0.2, -0.15) is 0 Å². The summed E-state index contributed by atoms with van der Waals surface area (Å²) in [6, 6.07) is 4.10. The number of non-ortho nitro benzene ring substituents is 1. The topological polar surface area (TPSA) is 91.1 Å². The maximum Gasteiger partial charge on any atom is 0.270 e. The third kappa shape index (κ3) is 5.21. The molecule has 0 atom stereocenters. The normalized spacial score (nSPS) is 10.4. The van der Waals surface area contributed by atoms with Crippen LogP contribution in [0.15, 0.2) is 18.2 Å². The number of aliphatic hydroxyl groups excluding tert-OH is 1. The molecule has 0 aliphatic carbocycles. The molecule has 0 spiro atoms. The van der Waals surface area contributed by atoms with Crippen molar-refractivity contribution in [3.63, 3.8) is 0 Å². The number of hydrogen-bond acceptors (Lipinski definition) is 6. The molecule has 19 heavy (non-hydrogen) atoms. The number of nitrogens with zero attached hydrogens (tertiary/aromatic N) is 1. The molecular weight excluding hydrogens is 254 g/mol. The van der Waals surface area contributed by atoms with Crippen molar-refractivity contribution in [1.82, 2.24) is 0 Å². The number of nitro groups is 1. The number of benzene rings is 1. The van der Waals surface area contributed by atoms with Gasteiger partial charge in [0.25, 0.3) is 5.69 Å². The molecule has 0 radical (unpaired) electrons. The monoisotopic (exact) mass is 271 g/mol. The van der Waals surface area contributed by atoms with Crippen LogP contribution in [0, 0.1) is 10.1 Å². The van der Waals surface area contributed by atoms with Crippen LogP contribution in [-0.2, 0) is 16.1 Å². The average molecular weight is 271 g/mol. The van der Waals surface area contributed by atoms with Crippen molar-refractivity contribution >= 4 is 5.69 Å². The highest BCUT2D eigenvalue weighted by Gasteiger charge is 2.10. The second-order valence-corrected chi connectivity index (χ2v) is 3.66. The van der Waals surface area contributed by atoms with E-state index in [1.54, 1.807) is 7.11 Å². The minimum absolute atomic E-state index is 0.0762. The van der Waals surface area contributed by atoms with Gasteiger partial charge in [-0.1, -0.05) is 0 Å². The van der Waals surface area contributed by atoms with Gasteiger partial charge in [0, 0.05) is 24.8 Å². The summed E-state index contributed by atoms with van der Waals surface area (Å²) < 4.78 is 15.4. The molecule has 0 aliphatic rings. The zero-order valence-corrected chi connectivity index (χ0v) is 10.7. The number of hydrogen-bond donors (Lipinski definition) is 1. The molecule has 0 aliphatic heterocycles. The fourth-order valence-electron chi connectivity index (χ4n) is 1.40. The van der Waals surface area contributed by atoms with E-state index in [4.69, 9.17) is 19.3 Å². The van der Waals surface area contributed by atoms with E-state index in [0.717, 1.165) is 0 Å². The van der Waals surface area contributed by atoms with E-state index in [9.17, 15) is 10.1 Å². The van der Waals surface area contributed by atoms with Crippen LogP contribution >= 0.6 is 0 Å². The van der Waals surface area contributed by atoms with E-state index in [1.807, 2.05) is 0 Å². The molecule has 1 aromatic carbocycles. The van der Waals surface area contributed by atoms with Gasteiger partial charge < -0.3 is 19.3 Å². The summed E-state index contributed by atoms with van der Waals surface area (Å²) in [5.41, 5.74) is 0.304. The van der Waals surface area contributed by atoms with Crippen LogP contribution in [0.1, 0.15) is 5.56 Å². The molecule has 7 heteroatoms. The maximum atomic E-state index is 10.6. The van der Waals surface area contributed by atoms with Crippen molar-refractivity contribution in [3.05, 3.63) is 33.9 Å². The molecule has 0 aromatic heterocycles. The van der Waals surface area contributed by atoms with Gasteiger partial charge in [0.1, 0.15) is 12.4 Å². The first kappa shape index (κ1) is 15.4. The Kier molecular flexibility index (Phi) is 6.80. The number of nitro benzene ring substituents is 1. The van der Waals surface area contributed by atoms with E-state index in [1.165, 1.54) is 18.2 Å². The van der Waals surface area contributed by atoms with E-state index >= 15 is 0 Å². The summed E-state index contributed by atoms with van der Waals surface area (Å²) in [5.74, 6) is 0.420. The molecule has 0 amide bonds. The van der Waals surface area contributed by atoms with E-state index in [2.05, 4.69) is 0 Å². The minimum atomic E-state index is -0.517. The van der Waals surface area contributed by atoms with Gasteiger partial charge in [0.2, 0.25) is 0 Å². The summed E-state index contributed by atoms with van der Waals surface area (Å²) in [4.78, 5) is 10.1. The van der Waals surface area contributed by atoms with Gasteiger partial charge in [0.05, 0.1) is 31.4 Å². The molecule has 1 N–H and O–H groups in total. The predicted molar refractivity (Wildman–Crippen MR) is 67.2 cm³/mol. The summed E-state index contributed by atoms with van der Waals surface area (Å²) >= 11 is 0. The van der Waals surface area contributed by atoms with Gasteiger partial charge in [0.15, 0.2) is 0 Å². The highest BCUT2D eigenvalue weighted by Crippen LogP contribution is 2.24. The zero-order valence-electron chi connectivity index (χ0n) is 10.7. The second kappa shape index (κ2) is 8.41. The number of aliphatic hydroxyl groups is 1. The SMILES string of the molecule is COCCOCCOc1ccc([N+](=O)[O-])cc1CO. The van der Waals surface area contributed by atoms with Crippen molar-refractivity contribution in [3.8, 4) is 5.75 Å². The Morgan fingerprint density at radius 3 is 2.63 bits per heavy atom. The Morgan fingerprint density at radius 2 is 2.00 bits per heavy atom. The van der Waals surface area contributed by atoms with Crippen LogP contribution < -0.4 is 4.74 Å². The molecular formula is C12H17NO6. The summed E-state index contributed by atoms with van der Waals surface area (Å²) in [6.07, 6.45) is 0. The smallest absolute Gasteiger partial charge is 0.270 e. The summed E-state index contributed by atoms with van der Waals surface area (Å²) in [5, 5.41) is 19.7. The van der Waals surface area contributed by atoms with Crippen molar-refractivity contribution < 1.29 is 24.2 Å². The van der Waals surface area contributed by atoms with E-state index in [-0.39, 0.29) is 12.3 Å². The highest BCUT2D eigenvalue weighted by atomic mass is 16.6. The lowest BCUT2D eigenvalue weighted by Gasteiger charge is -2.10. The van der Waals surface area contributed by atoms with Crippen LogP contribution in [0.25, 0.3) is 0 Å². The molecule has 0 saturated carbocycles. The van der Waals surface area contributed by atoms with Crippen LogP contribution in [-0.4, -0.2) is 43.6 Å². The molecule has 0 fully saturated rings. The lowest BCUT2D eigenvalue weighted by atomic mass is 10.2. The second-order valence-electron chi connectivity index (χ2n) is 3.66. The van der Waals surface area contributed by atoms with E-state index < -0.39 is 4.92 Å². The standard InChI is InChI=1S/C12H17NO6/c1-17-4-5-18-6-7-19-12-3-2-11(13(15)16)8-10(12)9-14/h2-3,8,14H,4-7,9H2,1H3. The summed E-state index contributed by atoms with van der Waals surface area (Å²) in [7, 11) is 1.59.